The van der Waals surface area contributed by atoms with Crippen LogP contribution in [-0.2, 0) is 6.18 Å². The molecule has 0 saturated carbocycles. The van der Waals surface area contributed by atoms with Crippen LogP contribution in [0.25, 0.3) is 0 Å². The fourth-order valence-electron chi connectivity index (χ4n) is 2.49. The molecule has 1 atom stereocenters. The van der Waals surface area contributed by atoms with Gasteiger partial charge in [-0.25, -0.2) is 4.79 Å². The molecule has 1 aliphatic heterocycles. The first kappa shape index (κ1) is 16.6. The molecule has 7 heteroatoms. The maximum Gasteiger partial charge on any atom is 0.416 e. The van der Waals surface area contributed by atoms with Gasteiger partial charge in [-0.1, -0.05) is 13.8 Å². The van der Waals surface area contributed by atoms with Gasteiger partial charge in [0.25, 0.3) is 0 Å². The van der Waals surface area contributed by atoms with Gasteiger partial charge in [0.2, 0.25) is 0 Å². The summed E-state index contributed by atoms with van der Waals surface area (Å²) in [6, 6.07) is 4.11. The minimum absolute atomic E-state index is 0.0302. The third kappa shape index (κ3) is 3.71. The fraction of sp³-hybridized carbons (Fsp3) is 0.533. The highest BCUT2D eigenvalue weighted by molar-refractivity contribution is 5.89. The monoisotopic (exact) mass is 315 g/mol. The number of hydrogen-bond acceptors (Lipinski definition) is 2. The second-order valence-corrected chi connectivity index (χ2v) is 6.31. The molecule has 2 rings (SSSR count). The number of hydrogen-bond donors (Lipinski definition) is 2. The van der Waals surface area contributed by atoms with Gasteiger partial charge in [0.05, 0.1) is 5.56 Å². The molecule has 1 fully saturated rings. The Hall–Kier alpha value is -1.76. The van der Waals surface area contributed by atoms with E-state index < -0.39 is 11.7 Å². The number of rotatable bonds is 1. The first-order chi connectivity index (χ1) is 10.1. The number of nitrogens with two attached hydrogens (primary N) is 1. The number of halogens is 3. The van der Waals surface area contributed by atoms with E-state index >= 15 is 0 Å². The molecule has 22 heavy (non-hydrogen) atoms. The minimum atomic E-state index is -4.38. The van der Waals surface area contributed by atoms with Crippen LogP contribution in [0.2, 0.25) is 0 Å². The number of anilines is 1. The lowest BCUT2D eigenvalue weighted by atomic mass is 9.80. The highest BCUT2D eigenvalue weighted by Crippen LogP contribution is 2.30. The van der Waals surface area contributed by atoms with E-state index in [1.165, 1.54) is 12.1 Å². The van der Waals surface area contributed by atoms with Crippen LogP contribution in [0, 0.1) is 5.41 Å². The van der Waals surface area contributed by atoms with Crippen LogP contribution in [0.4, 0.5) is 23.7 Å². The highest BCUT2D eigenvalue weighted by atomic mass is 19.4. The molecule has 0 radical (unpaired) electrons. The van der Waals surface area contributed by atoms with Crippen molar-refractivity contribution in [1.82, 2.24) is 4.90 Å². The van der Waals surface area contributed by atoms with Crippen LogP contribution >= 0.6 is 0 Å². The van der Waals surface area contributed by atoms with Gasteiger partial charge in [0.1, 0.15) is 0 Å². The first-order valence-electron chi connectivity index (χ1n) is 7.08. The summed E-state index contributed by atoms with van der Waals surface area (Å²) in [6.07, 6.45) is -3.68. The van der Waals surface area contributed by atoms with Crippen LogP contribution in [0.3, 0.4) is 0 Å². The average molecular weight is 315 g/mol. The molecule has 0 aliphatic carbocycles. The van der Waals surface area contributed by atoms with E-state index in [-0.39, 0.29) is 17.5 Å². The predicted molar refractivity (Wildman–Crippen MR) is 78.4 cm³/mol. The molecule has 1 unspecified atom stereocenters. The number of carbonyl (C=O) groups excluding carboxylic acids is 1. The topological polar surface area (TPSA) is 58.4 Å². The SMILES string of the molecule is CC1(C)CN(C(=O)Nc2ccc(C(F)(F)F)cc2)CCC1N. The van der Waals surface area contributed by atoms with E-state index in [1.807, 2.05) is 13.8 Å². The zero-order valence-corrected chi connectivity index (χ0v) is 12.6. The smallest absolute Gasteiger partial charge is 0.327 e. The standard InChI is InChI=1S/C15H20F3N3O/c1-14(2)9-21(8-7-12(14)19)13(22)20-11-5-3-10(4-6-11)15(16,17)18/h3-6,12H,7-9,19H2,1-2H3,(H,20,22). The second kappa shape index (κ2) is 5.79. The van der Waals surface area contributed by atoms with E-state index in [0.717, 1.165) is 12.1 Å². The van der Waals surface area contributed by atoms with E-state index in [0.29, 0.717) is 25.2 Å². The van der Waals surface area contributed by atoms with Gasteiger partial charge >= 0.3 is 12.2 Å². The molecular weight excluding hydrogens is 295 g/mol. The van der Waals surface area contributed by atoms with Crippen molar-refractivity contribution in [3.63, 3.8) is 0 Å². The minimum Gasteiger partial charge on any atom is -0.327 e. The zero-order chi connectivity index (χ0) is 16.5. The Morgan fingerprint density at radius 3 is 2.41 bits per heavy atom. The fourth-order valence-corrected chi connectivity index (χ4v) is 2.49. The van der Waals surface area contributed by atoms with E-state index in [1.54, 1.807) is 4.90 Å². The Balaban J connectivity index is 2.00. The molecule has 0 aromatic heterocycles. The van der Waals surface area contributed by atoms with Crippen LogP contribution < -0.4 is 11.1 Å². The number of nitrogens with one attached hydrogen (secondary N) is 1. The van der Waals surface area contributed by atoms with Crippen LogP contribution in [0.5, 0.6) is 0 Å². The lowest BCUT2D eigenvalue weighted by Crippen LogP contribution is -2.54. The summed E-state index contributed by atoms with van der Waals surface area (Å²) >= 11 is 0. The van der Waals surface area contributed by atoms with Gasteiger partial charge in [0, 0.05) is 24.8 Å². The molecule has 4 nitrogen and oxygen atoms in total. The largest absolute Gasteiger partial charge is 0.416 e. The highest BCUT2D eigenvalue weighted by Gasteiger charge is 2.35. The molecule has 1 aromatic carbocycles. The van der Waals surface area contributed by atoms with Gasteiger partial charge in [-0.05, 0) is 36.1 Å². The Kier molecular flexibility index (Phi) is 4.37. The van der Waals surface area contributed by atoms with Crippen LogP contribution in [0.15, 0.2) is 24.3 Å². The molecule has 0 spiro atoms. The Morgan fingerprint density at radius 1 is 1.32 bits per heavy atom. The zero-order valence-electron chi connectivity index (χ0n) is 12.6. The molecule has 1 heterocycles. The third-order valence-electron chi connectivity index (χ3n) is 4.06. The summed E-state index contributed by atoms with van der Waals surface area (Å²) in [5.41, 5.74) is 5.43. The van der Waals surface area contributed by atoms with Crippen LogP contribution in [0.1, 0.15) is 25.8 Å². The average Bonchev–Trinajstić information content (AvgIpc) is 2.41. The molecule has 3 N–H and O–H groups in total. The van der Waals surface area contributed by atoms with Crippen molar-refractivity contribution in [3.8, 4) is 0 Å². The summed E-state index contributed by atoms with van der Waals surface area (Å²) in [4.78, 5) is 13.8. The van der Waals surface area contributed by atoms with Crippen molar-refractivity contribution in [2.24, 2.45) is 11.1 Å². The van der Waals surface area contributed by atoms with Gasteiger partial charge in [-0.2, -0.15) is 13.2 Å². The Bertz CT molecular complexity index is 540. The van der Waals surface area contributed by atoms with Crippen molar-refractivity contribution in [2.45, 2.75) is 32.5 Å². The van der Waals surface area contributed by atoms with Crippen molar-refractivity contribution in [3.05, 3.63) is 29.8 Å². The van der Waals surface area contributed by atoms with E-state index in [2.05, 4.69) is 5.32 Å². The predicted octanol–water partition coefficient (Wildman–Crippen LogP) is 3.30. The summed E-state index contributed by atoms with van der Waals surface area (Å²) in [7, 11) is 0. The summed E-state index contributed by atoms with van der Waals surface area (Å²) in [6.45, 7) is 5.04. The maximum atomic E-state index is 12.5. The van der Waals surface area contributed by atoms with Crippen LogP contribution in [-0.4, -0.2) is 30.1 Å². The van der Waals surface area contributed by atoms with E-state index in [9.17, 15) is 18.0 Å². The van der Waals surface area contributed by atoms with Crippen molar-refractivity contribution in [2.75, 3.05) is 18.4 Å². The number of benzene rings is 1. The van der Waals surface area contributed by atoms with Gasteiger partial charge in [0.15, 0.2) is 0 Å². The summed E-state index contributed by atoms with van der Waals surface area (Å²) in [5.74, 6) is 0. The lowest BCUT2D eigenvalue weighted by Gasteiger charge is -2.42. The van der Waals surface area contributed by atoms with Gasteiger partial charge in [-0.3, -0.25) is 0 Å². The van der Waals surface area contributed by atoms with Gasteiger partial charge in [-0.15, -0.1) is 0 Å². The number of amides is 2. The molecule has 1 aromatic rings. The Labute approximate surface area is 127 Å². The number of piperidine rings is 1. The van der Waals surface area contributed by atoms with Crippen molar-refractivity contribution < 1.29 is 18.0 Å². The number of likely N-dealkylation sites (tertiary alicyclic amines) is 1. The van der Waals surface area contributed by atoms with Crippen molar-refractivity contribution >= 4 is 11.7 Å². The third-order valence-corrected chi connectivity index (χ3v) is 4.06. The number of carbonyl (C=O) groups is 1. The summed E-state index contributed by atoms with van der Waals surface area (Å²) in [5, 5.41) is 2.62. The molecule has 2 amide bonds. The number of nitrogens with zero attached hydrogens (tertiary/aromatic N) is 1. The number of urea groups is 1. The Morgan fingerprint density at radius 2 is 1.91 bits per heavy atom. The van der Waals surface area contributed by atoms with Crippen molar-refractivity contribution in [1.29, 1.82) is 0 Å². The molecule has 1 saturated heterocycles. The quantitative estimate of drug-likeness (QED) is 0.835. The molecule has 0 bridgehead atoms. The lowest BCUT2D eigenvalue weighted by molar-refractivity contribution is -0.137. The summed E-state index contributed by atoms with van der Waals surface area (Å²) < 4.78 is 37.5. The maximum absolute atomic E-state index is 12.5. The normalized spacial score (nSPS) is 21.5. The second-order valence-electron chi connectivity index (χ2n) is 6.31. The molecular formula is C15H20F3N3O. The first-order valence-corrected chi connectivity index (χ1v) is 7.08. The van der Waals surface area contributed by atoms with E-state index in [4.69, 9.17) is 5.73 Å². The molecule has 122 valence electrons. The van der Waals surface area contributed by atoms with Gasteiger partial charge < -0.3 is 16.0 Å². The molecule has 1 aliphatic rings. The number of alkyl halides is 3.